The van der Waals surface area contributed by atoms with Crippen LogP contribution in [0.25, 0.3) is 0 Å². The van der Waals surface area contributed by atoms with Gasteiger partial charge in [-0.3, -0.25) is 9.89 Å². The van der Waals surface area contributed by atoms with Crippen LogP contribution in [-0.4, -0.2) is 57.8 Å². The molecule has 6 nitrogen and oxygen atoms in total. The minimum absolute atomic E-state index is 0.647. The van der Waals surface area contributed by atoms with Crippen LogP contribution >= 0.6 is 0 Å². The summed E-state index contributed by atoms with van der Waals surface area (Å²) in [6.45, 7) is 6.11. The predicted octanol–water partition coefficient (Wildman–Crippen LogP) is 2.63. The quantitative estimate of drug-likeness (QED) is 0.550. The molecule has 0 bridgehead atoms. The summed E-state index contributed by atoms with van der Waals surface area (Å²) >= 11 is 0. The van der Waals surface area contributed by atoms with Crippen LogP contribution < -0.4 is 20.1 Å². The number of hydrogen-bond acceptors (Lipinski definition) is 4. The summed E-state index contributed by atoms with van der Waals surface area (Å²) in [5.41, 5.74) is 1.07. The van der Waals surface area contributed by atoms with E-state index in [2.05, 4.69) is 27.4 Å². The van der Waals surface area contributed by atoms with Gasteiger partial charge in [0, 0.05) is 44.4 Å². The summed E-state index contributed by atoms with van der Waals surface area (Å²) in [5, 5.41) is 6.78. The third-order valence-corrected chi connectivity index (χ3v) is 5.08. The molecule has 26 heavy (non-hydrogen) atoms. The molecule has 1 unspecified atom stereocenters. The van der Waals surface area contributed by atoms with Crippen molar-refractivity contribution in [2.45, 2.75) is 45.2 Å². The highest BCUT2D eigenvalue weighted by Crippen LogP contribution is 2.24. The lowest BCUT2D eigenvalue weighted by Crippen LogP contribution is -2.45. The van der Waals surface area contributed by atoms with Crippen LogP contribution in [0.2, 0.25) is 0 Å². The Hall–Kier alpha value is -1.95. The Bertz CT molecular complexity index is 577. The number of hydrogen-bond donors (Lipinski definition) is 2. The molecule has 146 valence electrons. The number of benzene rings is 1. The molecule has 2 rings (SSSR count). The lowest BCUT2D eigenvalue weighted by molar-refractivity contribution is 0.147. The fourth-order valence-electron chi connectivity index (χ4n) is 3.53. The monoisotopic (exact) mass is 362 g/mol. The van der Waals surface area contributed by atoms with Gasteiger partial charge in [-0.2, -0.15) is 0 Å². The number of methoxy groups -OCH3 is 2. The Morgan fingerprint density at radius 1 is 1.23 bits per heavy atom. The normalized spacial score (nSPS) is 18.5. The lowest BCUT2D eigenvalue weighted by atomic mass is 10.0. The zero-order valence-electron chi connectivity index (χ0n) is 16.7. The van der Waals surface area contributed by atoms with E-state index in [1.807, 2.05) is 18.2 Å². The van der Waals surface area contributed by atoms with E-state index < -0.39 is 0 Å². The largest absolute Gasteiger partial charge is 0.497 e. The van der Waals surface area contributed by atoms with Crippen molar-refractivity contribution >= 4 is 5.96 Å². The number of guanidine groups is 1. The van der Waals surface area contributed by atoms with Crippen molar-refractivity contribution in [2.24, 2.45) is 4.99 Å². The Labute approximate surface area is 158 Å². The average Bonchev–Trinajstić information content (AvgIpc) is 2.70. The highest BCUT2D eigenvalue weighted by Gasteiger charge is 2.19. The first kappa shape index (κ1) is 20.4. The van der Waals surface area contributed by atoms with Gasteiger partial charge in [-0.15, -0.1) is 0 Å². The average molecular weight is 363 g/mol. The van der Waals surface area contributed by atoms with E-state index in [0.29, 0.717) is 6.54 Å². The maximum atomic E-state index is 5.45. The van der Waals surface area contributed by atoms with Crippen LogP contribution in [0.1, 0.15) is 38.2 Å². The summed E-state index contributed by atoms with van der Waals surface area (Å²) in [7, 11) is 5.13. The van der Waals surface area contributed by atoms with Gasteiger partial charge in [0.25, 0.3) is 0 Å². The van der Waals surface area contributed by atoms with Crippen LogP contribution in [0.4, 0.5) is 0 Å². The first-order valence-corrected chi connectivity index (χ1v) is 9.61. The zero-order chi connectivity index (χ0) is 18.8. The molecule has 1 aromatic rings. The van der Waals surface area contributed by atoms with E-state index in [4.69, 9.17) is 9.47 Å². The van der Waals surface area contributed by atoms with Crippen LogP contribution in [0.3, 0.4) is 0 Å². The molecule has 0 spiro atoms. The molecule has 1 heterocycles. The Kier molecular flexibility index (Phi) is 8.54. The van der Waals surface area contributed by atoms with Crippen molar-refractivity contribution in [2.75, 3.05) is 40.9 Å². The molecule has 1 atom stereocenters. The second-order valence-corrected chi connectivity index (χ2v) is 6.62. The molecule has 1 aliphatic rings. The summed E-state index contributed by atoms with van der Waals surface area (Å²) in [4.78, 5) is 6.93. The van der Waals surface area contributed by atoms with E-state index in [-0.39, 0.29) is 0 Å². The van der Waals surface area contributed by atoms with Crippen LogP contribution in [0.5, 0.6) is 11.5 Å². The second kappa shape index (κ2) is 10.9. The number of nitrogens with one attached hydrogen (secondary N) is 2. The molecule has 1 aliphatic heterocycles. The molecule has 0 aliphatic carbocycles. The van der Waals surface area contributed by atoms with E-state index in [1.54, 1.807) is 21.3 Å². The molecule has 0 radical (unpaired) electrons. The van der Waals surface area contributed by atoms with Crippen LogP contribution in [0.15, 0.2) is 23.2 Å². The van der Waals surface area contributed by atoms with Crippen LogP contribution in [-0.2, 0) is 6.54 Å². The maximum Gasteiger partial charge on any atom is 0.191 e. The number of nitrogens with zero attached hydrogens (tertiary/aromatic N) is 2. The van der Waals surface area contributed by atoms with E-state index in [0.717, 1.165) is 42.2 Å². The number of aliphatic imine (C=N–C) groups is 1. The molecule has 1 aromatic carbocycles. The van der Waals surface area contributed by atoms with Crippen molar-refractivity contribution in [3.63, 3.8) is 0 Å². The molecule has 6 heteroatoms. The lowest BCUT2D eigenvalue weighted by Gasteiger charge is -2.35. The zero-order valence-corrected chi connectivity index (χ0v) is 16.7. The molecular formula is C20H34N4O2. The van der Waals surface area contributed by atoms with Gasteiger partial charge in [0.15, 0.2) is 5.96 Å². The highest BCUT2D eigenvalue weighted by molar-refractivity contribution is 5.79. The summed E-state index contributed by atoms with van der Waals surface area (Å²) in [6, 6.07) is 6.59. The Morgan fingerprint density at radius 2 is 2.08 bits per heavy atom. The van der Waals surface area contributed by atoms with Gasteiger partial charge in [0.2, 0.25) is 0 Å². The molecule has 1 saturated heterocycles. The predicted molar refractivity (Wildman–Crippen MR) is 107 cm³/mol. The minimum Gasteiger partial charge on any atom is -0.497 e. The fourth-order valence-corrected chi connectivity index (χ4v) is 3.53. The molecule has 0 amide bonds. The first-order chi connectivity index (χ1) is 12.7. The summed E-state index contributed by atoms with van der Waals surface area (Å²) < 4.78 is 10.7. The van der Waals surface area contributed by atoms with Crippen molar-refractivity contribution in [1.82, 2.24) is 15.5 Å². The van der Waals surface area contributed by atoms with Gasteiger partial charge in [-0.25, -0.2) is 0 Å². The second-order valence-electron chi connectivity index (χ2n) is 6.62. The van der Waals surface area contributed by atoms with Crippen molar-refractivity contribution in [3.8, 4) is 11.5 Å². The minimum atomic E-state index is 0.647. The maximum absolute atomic E-state index is 5.45. The van der Waals surface area contributed by atoms with Crippen molar-refractivity contribution in [3.05, 3.63) is 23.8 Å². The van der Waals surface area contributed by atoms with Gasteiger partial charge in [-0.05, 0) is 37.9 Å². The van der Waals surface area contributed by atoms with Gasteiger partial charge in [-0.1, -0.05) is 13.3 Å². The highest BCUT2D eigenvalue weighted by atomic mass is 16.5. The fraction of sp³-hybridized carbons (Fsp3) is 0.650. The number of likely N-dealkylation sites (tertiary alicyclic amines) is 1. The standard InChI is InChI=1S/C20H34N4O2/c1-5-17-8-6-7-12-24(17)13-11-22-20(21-2)23-15-16-9-10-18(25-3)14-19(16)26-4/h9-10,14,17H,5-8,11-13,15H2,1-4H3,(H2,21,22,23). The summed E-state index contributed by atoms with van der Waals surface area (Å²) in [6.07, 6.45) is 5.26. The SMILES string of the molecule is CCC1CCCCN1CCNC(=NC)NCc1ccc(OC)cc1OC. The number of piperidine rings is 1. The van der Waals surface area contributed by atoms with Gasteiger partial charge in [0.05, 0.1) is 14.2 Å². The molecule has 1 fully saturated rings. The molecule has 2 N–H and O–H groups in total. The van der Waals surface area contributed by atoms with E-state index in [1.165, 1.54) is 32.2 Å². The third kappa shape index (κ3) is 5.80. The van der Waals surface area contributed by atoms with E-state index in [9.17, 15) is 0 Å². The number of rotatable bonds is 8. The third-order valence-electron chi connectivity index (χ3n) is 5.08. The van der Waals surface area contributed by atoms with Gasteiger partial charge < -0.3 is 20.1 Å². The Balaban J connectivity index is 1.81. The van der Waals surface area contributed by atoms with Gasteiger partial charge >= 0.3 is 0 Å². The molecular weight excluding hydrogens is 328 g/mol. The van der Waals surface area contributed by atoms with E-state index >= 15 is 0 Å². The van der Waals surface area contributed by atoms with Crippen molar-refractivity contribution < 1.29 is 9.47 Å². The molecule has 0 saturated carbocycles. The number of ether oxygens (including phenoxy) is 2. The Morgan fingerprint density at radius 3 is 2.77 bits per heavy atom. The van der Waals surface area contributed by atoms with Crippen LogP contribution in [0, 0.1) is 0 Å². The summed E-state index contributed by atoms with van der Waals surface area (Å²) in [5.74, 6) is 2.42. The van der Waals surface area contributed by atoms with Gasteiger partial charge in [0.1, 0.15) is 11.5 Å². The first-order valence-electron chi connectivity index (χ1n) is 9.61. The molecule has 0 aromatic heterocycles. The smallest absolute Gasteiger partial charge is 0.191 e. The topological polar surface area (TPSA) is 58.1 Å². The van der Waals surface area contributed by atoms with Crippen molar-refractivity contribution in [1.29, 1.82) is 0 Å².